The molecule has 1 fully saturated rings. The summed E-state index contributed by atoms with van der Waals surface area (Å²) in [6.07, 6.45) is 1.90. The van der Waals surface area contributed by atoms with Gasteiger partial charge in [0.1, 0.15) is 11.4 Å². The highest BCUT2D eigenvalue weighted by Crippen LogP contribution is 2.47. The number of aliphatic hydroxyl groups excluding tert-OH is 1. The molecule has 0 saturated carbocycles. The van der Waals surface area contributed by atoms with Crippen molar-refractivity contribution in [1.82, 2.24) is 0 Å². The summed E-state index contributed by atoms with van der Waals surface area (Å²) < 4.78 is 12.1. The molecule has 1 aromatic carbocycles. The summed E-state index contributed by atoms with van der Waals surface area (Å²) in [6.45, 7) is 6.92. The summed E-state index contributed by atoms with van der Waals surface area (Å²) in [4.78, 5) is 0. The predicted octanol–water partition coefficient (Wildman–Crippen LogP) is 3.14. The lowest BCUT2D eigenvalue weighted by Crippen LogP contribution is -2.51. The normalized spacial score (nSPS) is 32.7. The third-order valence-corrected chi connectivity index (χ3v) is 4.21. The van der Waals surface area contributed by atoms with Crippen LogP contribution in [0.3, 0.4) is 0 Å². The molecule has 3 rings (SSSR count). The van der Waals surface area contributed by atoms with Crippen LogP contribution in [-0.4, -0.2) is 22.9 Å². The lowest BCUT2D eigenvalue weighted by Gasteiger charge is -2.48. The van der Waals surface area contributed by atoms with Crippen LogP contribution < -0.4 is 4.74 Å². The molecule has 3 heteroatoms. The fourth-order valence-electron chi connectivity index (χ4n) is 3.45. The van der Waals surface area contributed by atoms with Gasteiger partial charge in [-0.05, 0) is 32.9 Å². The predicted molar refractivity (Wildman–Crippen MR) is 73.4 cm³/mol. The van der Waals surface area contributed by atoms with Crippen LogP contribution >= 0.6 is 0 Å². The zero-order valence-corrected chi connectivity index (χ0v) is 11.9. The summed E-state index contributed by atoms with van der Waals surface area (Å²) in [5.41, 5.74) is 1.63. The van der Waals surface area contributed by atoms with E-state index in [-0.39, 0.29) is 11.2 Å². The van der Waals surface area contributed by atoms with Gasteiger partial charge in [-0.3, -0.25) is 0 Å². The molecule has 1 spiro atoms. The minimum absolute atomic E-state index is 0.180. The van der Waals surface area contributed by atoms with Crippen molar-refractivity contribution in [2.75, 3.05) is 6.61 Å². The highest BCUT2D eigenvalue weighted by molar-refractivity contribution is 5.41. The molecule has 0 bridgehead atoms. The molecule has 3 nitrogen and oxygen atoms in total. The zero-order valence-electron chi connectivity index (χ0n) is 11.9. The number of hydrogen-bond donors (Lipinski definition) is 1. The number of benzene rings is 1. The molecule has 0 aromatic heterocycles. The summed E-state index contributed by atoms with van der Waals surface area (Å²) in [7, 11) is 0. The third kappa shape index (κ3) is 2.37. The van der Waals surface area contributed by atoms with E-state index in [0.29, 0.717) is 13.0 Å². The lowest BCUT2D eigenvalue weighted by molar-refractivity contribution is -0.151. The summed E-state index contributed by atoms with van der Waals surface area (Å²) in [5.74, 6) is 0.835. The van der Waals surface area contributed by atoms with Crippen LogP contribution in [0.5, 0.6) is 5.75 Å². The second kappa shape index (κ2) is 4.22. The monoisotopic (exact) mass is 262 g/mol. The molecule has 19 heavy (non-hydrogen) atoms. The number of ether oxygens (including phenoxy) is 2. The van der Waals surface area contributed by atoms with Gasteiger partial charge in [0.25, 0.3) is 0 Å². The van der Waals surface area contributed by atoms with Gasteiger partial charge >= 0.3 is 0 Å². The van der Waals surface area contributed by atoms with Crippen LogP contribution in [0.25, 0.3) is 0 Å². The van der Waals surface area contributed by atoms with Gasteiger partial charge in [-0.15, -0.1) is 0 Å². The van der Waals surface area contributed by atoms with E-state index >= 15 is 0 Å². The molecule has 2 atom stereocenters. The van der Waals surface area contributed by atoms with E-state index in [1.54, 1.807) is 0 Å². The standard InChI is InChI=1S/C16H22O3/c1-11-4-5-14-12(8-11)13(17)9-16(19-14)6-7-18-15(2,3)10-16/h4-5,8,13,17H,6-7,9-10H2,1-3H3. The van der Waals surface area contributed by atoms with Crippen LogP contribution in [0.1, 0.15) is 50.3 Å². The maximum absolute atomic E-state index is 10.5. The molecule has 0 aliphatic carbocycles. The molecule has 1 N–H and O–H groups in total. The van der Waals surface area contributed by atoms with Crippen molar-refractivity contribution in [3.8, 4) is 5.75 Å². The highest BCUT2D eigenvalue weighted by atomic mass is 16.5. The molecule has 1 aromatic rings. The maximum Gasteiger partial charge on any atom is 0.125 e. The lowest BCUT2D eigenvalue weighted by atomic mass is 9.77. The molecule has 0 radical (unpaired) electrons. The van der Waals surface area contributed by atoms with Crippen LogP contribution in [0.15, 0.2) is 18.2 Å². The van der Waals surface area contributed by atoms with Gasteiger partial charge in [0.15, 0.2) is 0 Å². The Bertz CT molecular complexity index is 495. The second-order valence-corrected chi connectivity index (χ2v) is 6.58. The largest absolute Gasteiger partial charge is 0.487 e. The van der Waals surface area contributed by atoms with Crippen molar-refractivity contribution in [3.63, 3.8) is 0 Å². The molecule has 2 heterocycles. The van der Waals surface area contributed by atoms with Gasteiger partial charge in [0.05, 0.1) is 18.3 Å². The van der Waals surface area contributed by atoms with Crippen molar-refractivity contribution in [2.24, 2.45) is 0 Å². The van der Waals surface area contributed by atoms with Crippen LogP contribution in [0.4, 0.5) is 0 Å². The Balaban J connectivity index is 1.94. The van der Waals surface area contributed by atoms with Crippen molar-refractivity contribution in [2.45, 2.75) is 57.3 Å². The van der Waals surface area contributed by atoms with Crippen LogP contribution in [0, 0.1) is 6.92 Å². The minimum atomic E-state index is -0.433. The topological polar surface area (TPSA) is 38.7 Å². The fourth-order valence-corrected chi connectivity index (χ4v) is 3.45. The highest BCUT2D eigenvalue weighted by Gasteiger charge is 2.47. The van der Waals surface area contributed by atoms with E-state index in [9.17, 15) is 5.11 Å². The van der Waals surface area contributed by atoms with Crippen LogP contribution in [0.2, 0.25) is 0 Å². The van der Waals surface area contributed by atoms with Gasteiger partial charge in [-0.2, -0.15) is 0 Å². The molecule has 1 saturated heterocycles. The first kappa shape index (κ1) is 12.9. The average Bonchev–Trinajstić information content (AvgIpc) is 2.29. The third-order valence-electron chi connectivity index (χ3n) is 4.21. The number of fused-ring (bicyclic) bond motifs is 1. The number of hydrogen-bond acceptors (Lipinski definition) is 3. The Morgan fingerprint density at radius 1 is 1.32 bits per heavy atom. The van der Waals surface area contributed by atoms with E-state index in [4.69, 9.17) is 9.47 Å². The van der Waals surface area contributed by atoms with Gasteiger partial charge < -0.3 is 14.6 Å². The Labute approximate surface area is 114 Å². The van der Waals surface area contributed by atoms with Crippen molar-refractivity contribution in [1.29, 1.82) is 0 Å². The quantitative estimate of drug-likeness (QED) is 0.780. The maximum atomic E-state index is 10.5. The van der Waals surface area contributed by atoms with Crippen molar-refractivity contribution in [3.05, 3.63) is 29.3 Å². The number of aliphatic hydroxyl groups is 1. The molecule has 104 valence electrons. The van der Waals surface area contributed by atoms with Gasteiger partial charge in [0, 0.05) is 24.8 Å². The molecular formula is C16H22O3. The SMILES string of the molecule is Cc1ccc2c(c1)C(O)CC1(CCOC(C)(C)C1)O2. The smallest absolute Gasteiger partial charge is 0.125 e. The average molecular weight is 262 g/mol. The number of rotatable bonds is 0. The summed E-state index contributed by atoms with van der Waals surface area (Å²) in [6, 6.07) is 6.05. The van der Waals surface area contributed by atoms with E-state index in [2.05, 4.69) is 13.8 Å². The summed E-state index contributed by atoms with van der Waals surface area (Å²) in [5, 5.41) is 10.5. The second-order valence-electron chi connectivity index (χ2n) is 6.58. The molecule has 2 unspecified atom stereocenters. The van der Waals surface area contributed by atoms with Gasteiger partial charge in [-0.1, -0.05) is 11.6 Å². The van der Waals surface area contributed by atoms with Gasteiger partial charge in [-0.25, -0.2) is 0 Å². The summed E-state index contributed by atoms with van der Waals surface area (Å²) >= 11 is 0. The Hall–Kier alpha value is -1.06. The molecule has 2 aliphatic rings. The van der Waals surface area contributed by atoms with Crippen molar-refractivity contribution >= 4 is 0 Å². The Morgan fingerprint density at radius 3 is 2.84 bits per heavy atom. The first-order valence-corrected chi connectivity index (χ1v) is 7.01. The molecule has 0 amide bonds. The van der Waals surface area contributed by atoms with Crippen LogP contribution in [-0.2, 0) is 4.74 Å². The Kier molecular flexibility index (Phi) is 2.88. The minimum Gasteiger partial charge on any atom is -0.487 e. The van der Waals surface area contributed by atoms with Gasteiger partial charge in [0.2, 0.25) is 0 Å². The van der Waals surface area contributed by atoms with Crippen molar-refractivity contribution < 1.29 is 14.6 Å². The van der Waals surface area contributed by atoms with E-state index in [1.165, 1.54) is 0 Å². The molecule has 2 aliphatic heterocycles. The first-order valence-electron chi connectivity index (χ1n) is 7.01. The first-order chi connectivity index (χ1) is 8.89. The number of aryl methyl sites for hydroxylation is 1. The molecular weight excluding hydrogens is 240 g/mol. The zero-order chi connectivity index (χ0) is 13.7. The van der Waals surface area contributed by atoms with E-state index in [1.807, 2.05) is 25.1 Å². The van der Waals surface area contributed by atoms with E-state index in [0.717, 1.165) is 29.7 Å². The fraction of sp³-hybridized carbons (Fsp3) is 0.625. The Morgan fingerprint density at radius 2 is 2.11 bits per heavy atom. The van der Waals surface area contributed by atoms with E-state index < -0.39 is 6.10 Å².